The number of benzene rings is 3. The molecule has 0 unspecified atom stereocenters. The van der Waals surface area contributed by atoms with E-state index in [0.717, 1.165) is 32.2 Å². The molecule has 0 fully saturated rings. The first-order valence-corrected chi connectivity index (χ1v) is 13.4. The van der Waals surface area contributed by atoms with Gasteiger partial charge in [-0.3, -0.25) is 0 Å². The molecule has 0 heterocycles. The van der Waals surface area contributed by atoms with Gasteiger partial charge in [0, 0.05) is 16.0 Å². The Morgan fingerprint density at radius 1 is 0.941 bits per heavy atom. The predicted octanol–water partition coefficient (Wildman–Crippen LogP) is 5.71. The smallest absolute Gasteiger partial charge is 0.341 e. The SMILES string of the molecule is Cc1cc(Sc2cc(OCC(C)C)cc(-c3ccc(S(C)(=O)=O)cc3)c2)ccc1OCC(=O)O. The van der Waals surface area contributed by atoms with Crippen LogP contribution in [0.25, 0.3) is 11.1 Å². The van der Waals surface area contributed by atoms with Crippen molar-refractivity contribution in [3.63, 3.8) is 0 Å². The summed E-state index contributed by atoms with van der Waals surface area (Å²) in [5.74, 6) is 0.620. The van der Waals surface area contributed by atoms with Crippen molar-refractivity contribution in [1.29, 1.82) is 0 Å². The van der Waals surface area contributed by atoms with Crippen LogP contribution < -0.4 is 9.47 Å². The highest BCUT2D eigenvalue weighted by Gasteiger charge is 2.11. The van der Waals surface area contributed by atoms with Gasteiger partial charge in [0.15, 0.2) is 16.4 Å². The second-order valence-corrected chi connectivity index (χ2v) is 11.6. The molecule has 0 aliphatic rings. The molecule has 8 heteroatoms. The van der Waals surface area contributed by atoms with Crippen molar-refractivity contribution in [1.82, 2.24) is 0 Å². The quantitative estimate of drug-likeness (QED) is 0.381. The lowest BCUT2D eigenvalue weighted by molar-refractivity contribution is -0.139. The fraction of sp³-hybridized carbons (Fsp3) is 0.269. The zero-order valence-corrected chi connectivity index (χ0v) is 21.2. The summed E-state index contributed by atoms with van der Waals surface area (Å²) >= 11 is 1.55. The van der Waals surface area contributed by atoms with Crippen LogP contribution in [0.3, 0.4) is 0 Å². The van der Waals surface area contributed by atoms with E-state index in [0.29, 0.717) is 18.3 Å². The molecule has 0 atom stereocenters. The van der Waals surface area contributed by atoms with Crippen LogP contribution in [-0.2, 0) is 14.6 Å². The van der Waals surface area contributed by atoms with Gasteiger partial charge in [-0.1, -0.05) is 37.7 Å². The summed E-state index contributed by atoms with van der Waals surface area (Å²) in [7, 11) is -3.27. The topological polar surface area (TPSA) is 89.9 Å². The highest BCUT2D eigenvalue weighted by Crippen LogP contribution is 2.36. The van der Waals surface area contributed by atoms with Gasteiger partial charge in [-0.15, -0.1) is 0 Å². The molecule has 0 aromatic heterocycles. The lowest BCUT2D eigenvalue weighted by Gasteiger charge is -2.14. The average Bonchev–Trinajstić information content (AvgIpc) is 2.76. The van der Waals surface area contributed by atoms with E-state index < -0.39 is 15.8 Å². The van der Waals surface area contributed by atoms with Crippen LogP contribution in [0.5, 0.6) is 11.5 Å². The molecule has 0 saturated carbocycles. The molecule has 3 rings (SSSR count). The van der Waals surface area contributed by atoms with Crippen molar-refractivity contribution < 1.29 is 27.8 Å². The Kier molecular flexibility index (Phi) is 8.28. The standard InChI is InChI=1S/C26H28O6S2/c1-17(2)15-31-21-12-20(19-5-8-24(9-6-19)34(4,29)30)13-23(14-21)33-22-7-10-25(18(3)11-22)32-16-26(27)28/h5-14,17H,15-16H2,1-4H3,(H,27,28). The van der Waals surface area contributed by atoms with Crippen molar-refractivity contribution >= 4 is 27.6 Å². The van der Waals surface area contributed by atoms with Crippen molar-refractivity contribution in [3.05, 3.63) is 66.2 Å². The molecule has 0 amide bonds. The van der Waals surface area contributed by atoms with Gasteiger partial charge in [-0.2, -0.15) is 0 Å². The van der Waals surface area contributed by atoms with Gasteiger partial charge in [-0.25, -0.2) is 13.2 Å². The number of sulfone groups is 1. The summed E-state index contributed by atoms with van der Waals surface area (Å²) in [6.07, 6.45) is 1.19. The largest absolute Gasteiger partial charge is 0.493 e. The maximum Gasteiger partial charge on any atom is 0.341 e. The number of ether oxygens (including phenoxy) is 2. The van der Waals surface area contributed by atoms with Gasteiger partial charge in [-0.05, 0) is 78.1 Å². The van der Waals surface area contributed by atoms with E-state index in [4.69, 9.17) is 14.6 Å². The molecule has 0 bridgehead atoms. The third-order valence-electron chi connectivity index (χ3n) is 4.81. The lowest BCUT2D eigenvalue weighted by atomic mass is 10.1. The predicted molar refractivity (Wildman–Crippen MR) is 134 cm³/mol. The summed E-state index contributed by atoms with van der Waals surface area (Å²) in [5.41, 5.74) is 2.65. The van der Waals surface area contributed by atoms with E-state index in [-0.39, 0.29) is 11.5 Å². The second kappa shape index (κ2) is 11.0. The molecule has 0 radical (unpaired) electrons. The Labute approximate surface area is 204 Å². The van der Waals surface area contributed by atoms with Gasteiger partial charge in [0.1, 0.15) is 11.5 Å². The van der Waals surface area contributed by atoms with E-state index in [1.54, 1.807) is 42.1 Å². The number of aliphatic carboxylic acids is 1. The van der Waals surface area contributed by atoms with E-state index in [1.807, 2.05) is 37.3 Å². The number of carboxylic acids is 1. The second-order valence-electron chi connectivity index (χ2n) is 8.41. The van der Waals surface area contributed by atoms with E-state index in [2.05, 4.69) is 13.8 Å². The van der Waals surface area contributed by atoms with E-state index in [9.17, 15) is 13.2 Å². The third-order valence-corrected chi connectivity index (χ3v) is 6.90. The van der Waals surface area contributed by atoms with Crippen LogP contribution in [0.15, 0.2) is 75.4 Å². The van der Waals surface area contributed by atoms with Crippen LogP contribution in [0.4, 0.5) is 0 Å². The monoisotopic (exact) mass is 500 g/mol. The molecule has 0 aliphatic carbocycles. The van der Waals surface area contributed by atoms with Gasteiger partial charge < -0.3 is 14.6 Å². The van der Waals surface area contributed by atoms with Gasteiger partial charge in [0.2, 0.25) is 0 Å². The summed E-state index contributed by atoms with van der Waals surface area (Å²) in [6.45, 7) is 6.23. The Balaban J connectivity index is 1.91. The Morgan fingerprint density at radius 2 is 1.65 bits per heavy atom. The van der Waals surface area contributed by atoms with Crippen LogP contribution in [0, 0.1) is 12.8 Å². The number of hydrogen-bond acceptors (Lipinski definition) is 6. The first kappa shape index (κ1) is 25.6. The molecular weight excluding hydrogens is 472 g/mol. The van der Waals surface area contributed by atoms with Crippen LogP contribution in [0.1, 0.15) is 19.4 Å². The highest BCUT2D eigenvalue weighted by atomic mass is 32.2. The summed E-state index contributed by atoms with van der Waals surface area (Å²) < 4.78 is 34.9. The lowest BCUT2D eigenvalue weighted by Crippen LogP contribution is -2.09. The minimum absolute atomic E-state index is 0.277. The van der Waals surface area contributed by atoms with Crippen molar-refractivity contribution in [3.8, 4) is 22.6 Å². The maximum absolute atomic E-state index is 11.8. The van der Waals surface area contributed by atoms with Gasteiger partial charge in [0.05, 0.1) is 11.5 Å². The highest BCUT2D eigenvalue weighted by molar-refractivity contribution is 7.99. The first-order chi connectivity index (χ1) is 16.0. The number of rotatable bonds is 10. The fourth-order valence-corrected chi connectivity index (χ4v) is 4.80. The van der Waals surface area contributed by atoms with Crippen molar-refractivity contribution in [2.24, 2.45) is 5.92 Å². The number of hydrogen-bond donors (Lipinski definition) is 1. The molecule has 3 aromatic carbocycles. The fourth-order valence-electron chi connectivity index (χ4n) is 3.16. The third kappa shape index (κ3) is 7.27. The molecule has 180 valence electrons. The van der Waals surface area contributed by atoms with Crippen LogP contribution >= 0.6 is 11.8 Å². The van der Waals surface area contributed by atoms with Crippen LogP contribution in [0.2, 0.25) is 0 Å². The zero-order valence-electron chi connectivity index (χ0n) is 19.6. The maximum atomic E-state index is 11.8. The number of carbonyl (C=O) groups is 1. The van der Waals surface area contributed by atoms with E-state index in [1.165, 1.54) is 6.26 Å². The average molecular weight is 501 g/mol. The normalized spacial score (nSPS) is 11.4. The Hall–Kier alpha value is -2.97. The van der Waals surface area contributed by atoms with E-state index >= 15 is 0 Å². The molecule has 0 saturated heterocycles. The molecule has 3 aromatic rings. The summed E-state index contributed by atoms with van der Waals surface area (Å²) in [6, 6.07) is 18.4. The Morgan fingerprint density at radius 3 is 2.24 bits per heavy atom. The minimum atomic E-state index is -3.27. The van der Waals surface area contributed by atoms with Crippen LogP contribution in [-0.4, -0.2) is 39.0 Å². The number of aryl methyl sites for hydroxylation is 1. The molecular formula is C26H28O6S2. The summed E-state index contributed by atoms with van der Waals surface area (Å²) in [5, 5.41) is 8.82. The van der Waals surface area contributed by atoms with Crippen molar-refractivity contribution in [2.75, 3.05) is 19.5 Å². The zero-order chi connectivity index (χ0) is 24.9. The molecule has 0 spiro atoms. The van der Waals surface area contributed by atoms with Gasteiger partial charge in [0.25, 0.3) is 0 Å². The van der Waals surface area contributed by atoms with Gasteiger partial charge >= 0.3 is 5.97 Å². The molecule has 0 aliphatic heterocycles. The van der Waals surface area contributed by atoms with Crippen molar-refractivity contribution in [2.45, 2.75) is 35.5 Å². The molecule has 34 heavy (non-hydrogen) atoms. The molecule has 6 nitrogen and oxygen atoms in total. The minimum Gasteiger partial charge on any atom is -0.493 e. The Bertz CT molecular complexity index is 1260. The summed E-state index contributed by atoms with van der Waals surface area (Å²) in [4.78, 5) is 13.0. The number of carboxylic acid groups (broad SMARTS) is 1. The molecule has 1 N–H and O–H groups in total. The first-order valence-electron chi connectivity index (χ1n) is 10.7.